The number of amides is 1. The van der Waals surface area contributed by atoms with Gasteiger partial charge in [0.25, 0.3) is 0 Å². The number of likely N-dealkylation sites (N-methyl/N-ethyl adjacent to an activating group) is 1. The highest BCUT2D eigenvalue weighted by Gasteiger charge is 2.35. The van der Waals surface area contributed by atoms with Gasteiger partial charge in [0.05, 0.1) is 17.9 Å². The molecule has 1 aromatic rings. The topological polar surface area (TPSA) is 39.7 Å². The van der Waals surface area contributed by atoms with Crippen LogP contribution in [0.5, 0.6) is 0 Å². The monoisotopic (exact) mass is 264 g/mol. The fourth-order valence-corrected chi connectivity index (χ4v) is 2.83. The number of piperazine rings is 1. The molecule has 6 heteroatoms. The molecule has 0 bridgehead atoms. The predicted octanol–water partition coefficient (Wildman–Crippen LogP) is 0.708. The zero-order chi connectivity index (χ0) is 13.6. The lowest BCUT2D eigenvalue weighted by molar-refractivity contribution is -0.118. The Balaban J connectivity index is 2.07. The van der Waals surface area contributed by atoms with Crippen LogP contribution in [0.4, 0.5) is 15.9 Å². The second-order valence-electron chi connectivity index (χ2n) is 5.26. The molecule has 3 heterocycles. The summed E-state index contributed by atoms with van der Waals surface area (Å²) in [7, 11) is 3.74. The number of aromatic nitrogens is 1. The molecule has 3 rings (SSSR count). The van der Waals surface area contributed by atoms with Crippen molar-refractivity contribution in [3.63, 3.8) is 0 Å². The Morgan fingerprint density at radius 3 is 2.95 bits per heavy atom. The Morgan fingerprint density at radius 2 is 2.16 bits per heavy atom. The first-order valence-electron chi connectivity index (χ1n) is 6.43. The number of carbonyl (C=O) groups is 1. The third-order valence-corrected chi connectivity index (χ3v) is 3.92. The Hall–Kier alpha value is -1.69. The summed E-state index contributed by atoms with van der Waals surface area (Å²) >= 11 is 0. The van der Waals surface area contributed by atoms with E-state index in [2.05, 4.69) is 21.8 Å². The molecule has 0 spiro atoms. The highest BCUT2D eigenvalue weighted by Crippen LogP contribution is 2.34. The second-order valence-corrected chi connectivity index (χ2v) is 5.26. The van der Waals surface area contributed by atoms with Crippen molar-refractivity contribution in [2.45, 2.75) is 12.5 Å². The lowest BCUT2D eigenvalue weighted by Crippen LogP contribution is -2.52. The molecule has 1 fully saturated rings. The van der Waals surface area contributed by atoms with Gasteiger partial charge < -0.3 is 14.7 Å². The molecule has 5 nitrogen and oxygen atoms in total. The van der Waals surface area contributed by atoms with E-state index in [4.69, 9.17) is 0 Å². The SMILES string of the molecule is CN1CCN2c3ncc(F)cc3N(C)C(=O)C[C@@H]2C1. The van der Waals surface area contributed by atoms with Crippen LogP contribution >= 0.6 is 0 Å². The van der Waals surface area contributed by atoms with E-state index >= 15 is 0 Å². The van der Waals surface area contributed by atoms with Gasteiger partial charge in [-0.3, -0.25) is 4.79 Å². The molecule has 1 saturated heterocycles. The van der Waals surface area contributed by atoms with Crippen LogP contribution in [0.2, 0.25) is 0 Å². The van der Waals surface area contributed by atoms with E-state index in [1.54, 1.807) is 7.05 Å². The first-order chi connectivity index (χ1) is 9.06. The summed E-state index contributed by atoms with van der Waals surface area (Å²) in [6, 6.07) is 1.51. The van der Waals surface area contributed by atoms with E-state index in [-0.39, 0.29) is 11.9 Å². The van der Waals surface area contributed by atoms with E-state index in [0.717, 1.165) is 19.6 Å². The lowest BCUT2D eigenvalue weighted by atomic mass is 10.1. The Kier molecular flexibility index (Phi) is 2.89. The fraction of sp³-hybridized carbons (Fsp3) is 0.538. The van der Waals surface area contributed by atoms with E-state index in [1.807, 2.05) is 0 Å². The molecule has 0 aliphatic carbocycles. The number of pyridine rings is 1. The van der Waals surface area contributed by atoms with Crippen molar-refractivity contribution < 1.29 is 9.18 Å². The van der Waals surface area contributed by atoms with Crippen molar-refractivity contribution in [3.8, 4) is 0 Å². The molecular weight excluding hydrogens is 247 g/mol. The summed E-state index contributed by atoms with van der Waals surface area (Å²) in [6.45, 7) is 2.57. The van der Waals surface area contributed by atoms with Gasteiger partial charge >= 0.3 is 0 Å². The van der Waals surface area contributed by atoms with Crippen LogP contribution in [0.3, 0.4) is 0 Å². The minimum atomic E-state index is -0.411. The smallest absolute Gasteiger partial charge is 0.228 e. The van der Waals surface area contributed by atoms with Gasteiger partial charge in [-0.15, -0.1) is 0 Å². The summed E-state index contributed by atoms with van der Waals surface area (Å²) in [5, 5.41) is 0. The number of hydrogen-bond acceptors (Lipinski definition) is 4. The van der Waals surface area contributed by atoms with Crippen molar-refractivity contribution >= 4 is 17.4 Å². The van der Waals surface area contributed by atoms with Gasteiger partial charge in [-0.1, -0.05) is 0 Å². The summed E-state index contributed by atoms with van der Waals surface area (Å²) in [6.07, 6.45) is 1.66. The van der Waals surface area contributed by atoms with Crippen molar-refractivity contribution in [1.82, 2.24) is 9.88 Å². The first kappa shape index (κ1) is 12.3. The zero-order valence-corrected chi connectivity index (χ0v) is 11.1. The molecule has 19 heavy (non-hydrogen) atoms. The second kappa shape index (κ2) is 4.45. The minimum Gasteiger partial charge on any atom is -0.349 e. The van der Waals surface area contributed by atoms with E-state index < -0.39 is 5.82 Å². The summed E-state index contributed by atoms with van der Waals surface area (Å²) in [4.78, 5) is 22.3. The van der Waals surface area contributed by atoms with Gasteiger partial charge in [0.1, 0.15) is 5.82 Å². The molecule has 1 aromatic heterocycles. The number of nitrogens with zero attached hydrogens (tertiary/aromatic N) is 4. The van der Waals surface area contributed by atoms with Crippen LogP contribution in [-0.4, -0.2) is 55.6 Å². The fourth-order valence-electron chi connectivity index (χ4n) is 2.83. The van der Waals surface area contributed by atoms with Crippen molar-refractivity contribution in [2.24, 2.45) is 0 Å². The third-order valence-electron chi connectivity index (χ3n) is 3.92. The summed E-state index contributed by atoms with van der Waals surface area (Å²) in [5.74, 6) is 0.315. The number of fused-ring (bicyclic) bond motifs is 3. The van der Waals surface area contributed by atoms with Crippen molar-refractivity contribution in [1.29, 1.82) is 0 Å². The highest BCUT2D eigenvalue weighted by atomic mass is 19.1. The van der Waals surface area contributed by atoms with Crippen LogP contribution < -0.4 is 9.80 Å². The van der Waals surface area contributed by atoms with E-state index in [1.165, 1.54) is 17.2 Å². The van der Waals surface area contributed by atoms with Crippen LogP contribution in [0.1, 0.15) is 6.42 Å². The van der Waals surface area contributed by atoms with Gasteiger partial charge in [0, 0.05) is 39.2 Å². The van der Waals surface area contributed by atoms with Crippen LogP contribution in [0.25, 0.3) is 0 Å². The average Bonchev–Trinajstić information content (AvgIpc) is 2.47. The Morgan fingerprint density at radius 1 is 1.37 bits per heavy atom. The largest absolute Gasteiger partial charge is 0.349 e. The van der Waals surface area contributed by atoms with Crippen LogP contribution in [0, 0.1) is 5.82 Å². The maximum absolute atomic E-state index is 13.4. The molecule has 0 unspecified atom stereocenters. The molecule has 1 amide bonds. The summed E-state index contributed by atoms with van der Waals surface area (Å²) < 4.78 is 13.4. The molecule has 102 valence electrons. The zero-order valence-electron chi connectivity index (χ0n) is 11.1. The van der Waals surface area contributed by atoms with Crippen LogP contribution in [0.15, 0.2) is 12.3 Å². The van der Waals surface area contributed by atoms with Gasteiger partial charge in [0.2, 0.25) is 5.91 Å². The maximum atomic E-state index is 13.4. The molecule has 0 saturated carbocycles. The number of anilines is 2. The number of carbonyl (C=O) groups excluding carboxylic acids is 1. The Bertz CT molecular complexity index is 521. The number of hydrogen-bond donors (Lipinski definition) is 0. The molecule has 0 N–H and O–H groups in total. The highest BCUT2D eigenvalue weighted by molar-refractivity contribution is 5.97. The third kappa shape index (κ3) is 2.06. The predicted molar refractivity (Wildman–Crippen MR) is 70.9 cm³/mol. The quantitative estimate of drug-likeness (QED) is 0.692. The standard InChI is InChI=1S/C13H17FN4O/c1-16-3-4-18-10(8-16)6-12(19)17(2)11-5-9(14)7-15-13(11)18/h5,7,10H,3-4,6,8H2,1-2H3/t10-/m1/s1. The average molecular weight is 264 g/mol. The Labute approximate surface area is 111 Å². The lowest BCUT2D eigenvalue weighted by Gasteiger charge is -2.39. The number of rotatable bonds is 0. The molecule has 0 radical (unpaired) electrons. The number of halogens is 1. The molecule has 2 aliphatic heterocycles. The summed E-state index contributed by atoms with van der Waals surface area (Å²) in [5.41, 5.74) is 0.567. The normalized spacial score (nSPS) is 23.9. The molecule has 0 aromatic carbocycles. The first-order valence-corrected chi connectivity index (χ1v) is 6.43. The van der Waals surface area contributed by atoms with E-state index in [0.29, 0.717) is 17.9 Å². The maximum Gasteiger partial charge on any atom is 0.228 e. The van der Waals surface area contributed by atoms with Gasteiger partial charge in [-0.2, -0.15) is 0 Å². The molecule has 1 atom stereocenters. The molecule has 2 aliphatic rings. The van der Waals surface area contributed by atoms with E-state index in [9.17, 15) is 9.18 Å². The van der Waals surface area contributed by atoms with Crippen molar-refractivity contribution in [2.75, 3.05) is 43.5 Å². The van der Waals surface area contributed by atoms with Crippen LogP contribution in [-0.2, 0) is 4.79 Å². The van der Waals surface area contributed by atoms with Gasteiger partial charge in [-0.05, 0) is 7.05 Å². The van der Waals surface area contributed by atoms with Gasteiger partial charge in [0.15, 0.2) is 5.82 Å². The van der Waals surface area contributed by atoms with Crippen molar-refractivity contribution in [3.05, 3.63) is 18.1 Å². The van der Waals surface area contributed by atoms with Gasteiger partial charge in [-0.25, -0.2) is 9.37 Å². The molecular formula is C13H17FN4O. The minimum absolute atomic E-state index is 0.0106.